The van der Waals surface area contributed by atoms with E-state index in [0.717, 1.165) is 29.1 Å². The standard InChI is InChI=1S/C22H21N3O2S/c26-20(11-10-18-15-28-22(24-18)17-8-4-12-23-14-17)25-13-5-9-19(25)21(27)16-6-2-1-3-7-16/h1-4,6-8,12,14-15,19H,5,9-11,13H2. The molecular weight excluding hydrogens is 370 g/mol. The van der Waals surface area contributed by atoms with Gasteiger partial charge >= 0.3 is 0 Å². The molecule has 3 heterocycles. The molecule has 0 spiro atoms. The third-order valence-electron chi connectivity index (χ3n) is 4.99. The second-order valence-corrected chi connectivity index (χ2v) is 7.72. The third-order valence-corrected chi connectivity index (χ3v) is 5.93. The number of rotatable bonds is 6. The SMILES string of the molecule is O=C(c1ccccc1)C1CCCN1C(=O)CCc1csc(-c2cccnc2)n1. The predicted octanol–water partition coefficient (Wildman–Crippen LogP) is 4.01. The Morgan fingerprint density at radius 1 is 1.14 bits per heavy atom. The first-order valence-electron chi connectivity index (χ1n) is 9.46. The van der Waals surface area contributed by atoms with Crippen molar-refractivity contribution in [3.63, 3.8) is 0 Å². The number of amides is 1. The minimum Gasteiger partial charge on any atom is -0.332 e. The Labute approximate surface area is 168 Å². The minimum absolute atomic E-state index is 0.0303. The topological polar surface area (TPSA) is 63.2 Å². The predicted molar refractivity (Wildman–Crippen MR) is 109 cm³/mol. The molecule has 0 radical (unpaired) electrons. The summed E-state index contributed by atoms with van der Waals surface area (Å²) in [5, 5.41) is 2.90. The van der Waals surface area contributed by atoms with Crippen LogP contribution in [-0.2, 0) is 11.2 Å². The molecule has 1 unspecified atom stereocenters. The molecule has 4 rings (SSSR count). The molecule has 2 aromatic heterocycles. The molecule has 1 amide bonds. The van der Waals surface area contributed by atoms with Gasteiger partial charge in [0.15, 0.2) is 5.78 Å². The summed E-state index contributed by atoms with van der Waals surface area (Å²) in [5.74, 6) is 0.0710. The maximum atomic E-state index is 12.8. The van der Waals surface area contributed by atoms with Gasteiger partial charge in [-0.2, -0.15) is 0 Å². The van der Waals surface area contributed by atoms with Crippen molar-refractivity contribution in [2.24, 2.45) is 0 Å². The summed E-state index contributed by atoms with van der Waals surface area (Å²) in [4.78, 5) is 36.1. The number of aromatic nitrogens is 2. The highest BCUT2D eigenvalue weighted by Crippen LogP contribution is 2.25. The fraction of sp³-hybridized carbons (Fsp3) is 0.273. The number of aryl methyl sites for hydroxylation is 1. The Balaban J connectivity index is 1.38. The van der Waals surface area contributed by atoms with Gasteiger partial charge in [0.25, 0.3) is 0 Å². The van der Waals surface area contributed by atoms with E-state index in [1.165, 1.54) is 0 Å². The lowest BCUT2D eigenvalue weighted by Crippen LogP contribution is -2.40. The van der Waals surface area contributed by atoms with Crippen molar-refractivity contribution in [3.05, 3.63) is 71.5 Å². The van der Waals surface area contributed by atoms with E-state index in [2.05, 4.69) is 9.97 Å². The number of hydrogen-bond donors (Lipinski definition) is 0. The second kappa shape index (κ2) is 8.44. The van der Waals surface area contributed by atoms with Gasteiger partial charge in [0.1, 0.15) is 5.01 Å². The lowest BCUT2D eigenvalue weighted by atomic mass is 10.0. The van der Waals surface area contributed by atoms with Crippen LogP contribution in [0.2, 0.25) is 0 Å². The molecule has 0 bridgehead atoms. The summed E-state index contributed by atoms with van der Waals surface area (Å²) < 4.78 is 0. The number of carbonyl (C=O) groups is 2. The summed E-state index contributed by atoms with van der Waals surface area (Å²) in [6.07, 6.45) is 6.09. The summed E-state index contributed by atoms with van der Waals surface area (Å²) in [5.41, 5.74) is 2.56. The first kappa shape index (κ1) is 18.5. The summed E-state index contributed by atoms with van der Waals surface area (Å²) in [7, 11) is 0. The molecule has 1 aromatic carbocycles. The fourth-order valence-electron chi connectivity index (χ4n) is 3.55. The van der Waals surface area contributed by atoms with Crippen LogP contribution in [0.25, 0.3) is 10.6 Å². The van der Waals surface area contributed by atoms with Gasteiger partial charge < -0.3 is 4.90 Å². The van der Waals surface area contributed by atoms with Gasteiger partial charge in [0.05, 0.1) is 11.7 Å². The third kappa shape index (κ3) is 4.02. The van der Waals surface area contributed by atoms with Crippen molar-refractivity contribution < 1.29 is 9.59 Å². The van der Waals surface area contributed by atoms with Crippen LogP contribution >= 0.6 is 11.3 Å². The van der Waals surface area contributed by atoms with E-state index in [-0.39, 0.29) is 17.7 Å². The molecule has 28 heavy (non-hydrogen) atoms. The van der Waals surface area contributed by atoms with Gasteiger partial charge in [-0.1, -0.05) is 30.3 Å². The Bertz CT molecular complexity index is 956. The maximum Gasteiger partial charge on any atom is 0.223 e. The molecule has 0 aliphatic carbocycles. The van der Waals surface area contributed by atoms with E-state index in [4.69, 9.17) is 0 Å². The molecule has 5 nitrogen and oxygen atoms in total. The van der Waals surface area contributed by atoms with Crippen molar-refractivity contribution in [1.82, 2.24) is 14.9 Å². The number of likely N-dealkylation sites (tertiary alicyclic amines) is 1. The molecule has 0 saturated carbocycles. The fourth-order valence-corrected chi connectivity index (χ4v) is 4.40. The highest BCUT2D eigenvalue weighted by Gasteiger charge is 2.34. The second-order valence-electron chi connectivity index (χ2n) is 6.86. The van der Waals surface area contributed by atoms with Crippen molar-refractivity contribution in [3.8, 4) is 10.6 Å². The lowest BCUT2D eigenvalue weighted by molar-refractivity contribution is -0.131. The maximum absolute atomic E-state index is 12.8. The van der Waals surface area contributed by atoms with Crippen LogP contribution in [-0.4, -0.2) is 39.1 Å². The molecule has 0 N–H and O–H groups in total. The smallest absolute Gasteiger partial charge is 0.223 e. The molecule has 1 aliphatic heterocycles. The van der Waals surface area contributed by atoms with Crippen LogP contribution in [0.3, 0.4) is 0 Å². The van der Waals surface area contributed by atoms with E-state index in [9.17, 15) is 9.59 Å². The normalized spacial score (nSPS) is 16.3. The van der Waals surface area contributed by atoms with Gasteiger partial charge in [-0.05, 0) is 31.4 Å². The number of benzene rings is 1. The minimum atomic E-state index is -0.337. The zero-order valence-electron chi connectivity index (χ0n) is 15.5. The number of Topliss-reactive ketones (excluding diaryl/α,β-unsaturated/α-hetero) is 1. The molecule has 1 fully saturated rings. The number of hydrogen-bond acceptors (Lipinski definition) is 5. The lowest BCUT2D eigenvalue weighted by Gasteiger charge is -2.23. The van der Waals surface area contributed by atoms with Crippen molar-refractivity contribution >= 4 is 23.0 Å². The first-order chi connectivity index (χ1) is 13.7. The zero-order chi connectivity index (χ0) is 19.3. The Morgan fingerprint density at radius 3 is 2.79 bits per heavy atom. The van der Waals surface area contributed by atoms with Crippen LogP contribution in [0.15, 0.2) is 60.2 Å². The molecule has 142 valence electrons. The Morgan fingerprint density at radius 2 is 2.00 bits per heavy atom. The molecular formula is C22H21N3O2S. The van der Waals surface area contributed by atoms with Gasteiger partial charge in [0.2, 0.25) is 5.91 Å². The highest BCUT2D eigenvalue weighted by atomic mass is 32.1. The number of carbonyl (C=O) groups excluding carboxylic acids is 2. The van der Waals surface area contributed by atoms with E-state index < -0.39 is 0 Å². The number of ketones is 1. The van der Waals surface area contributed by atoms with Crippen LogP contribution in [0.4, 0.5) is 0 Å². The summed E-state index contributed by atoms with van der Waals surface area (Å²) in [6, 6.07) is 12.8. The molecule has 1 atom stereocenters. The van der Waals surface area contributed by atoms with E-state index in [1.54, 1.807) is 28.6 Å². The van der Waals surface area contributed by atoms with Crippen molar-refractivity contribution in [2.75, 3.05) is 6.54 Å². The molecule has 3 aromatic rings. The number of thiazole rings is 1. The summed E-state index contributed by atoms with van der Waals surface area (Å²) >= 11 is 1.56. The quantitative estimate of drug-likeness (QED) is 0.596. The van der Waals surface area contributed by atoms with E-state index in [0.29, 0.717) is 24.9 Å². The largest absolute Gasteiger partial charge is 0.332 e. The number of pyridine rings is 1. The van der Waals surface area contributed by atoms with E-state index >= 15 is 0 Å². The van der Waals surface area contributed by atoms with Gasteiger partial charge in [-0.25, -0.2) is 4.98 Å². The zero-order valence-corrected chi connectivity index (χ0v) is 16.3. The molecule has 6 heteroatoms. The van der Waals surface area contributed by atoms with E-state index in [1.807, 2.05) is 47.8 Å². The molecule has 1 saturated heterocycles. The Kier molecular flexibility index (Phi) is 5.58. The van der Waals surface area contributed by atoms with Crippen molar-refractivity contribution in [1.29, 1.82) is 0 Å². The number of nitrogens with zero attached hydrogens (tertiary/aromatic N) is 3. The average Bonchev–Trinajstić information content (AvgIpc) is 3.43. The van der Waals surface area contributed by atoms with Gasteiger partial charge in [-0.15, -0.1) is 11.3 Å². The monoisotopic (exact) mass is 391 g/mol. The highest BCUT2D eigenvalue weighted by molar-refractivity contribution is 7.13. The first-order valence-corrected chi connectivity index (χ1v) is 10.3. The van der Waals surface area contributed by atoms with Crippen LogP contribution in [0, 0.1) is 0 Å². The van der Waals surface area contributed by atoms with Gasteiger partial charge in [0, 0.05) is 41.9 Å². The molecule has 1 aliphatic rings. The van der Waals surface area contributed by atoms with Gasteiger partial charge in [-0.3, -0.25) is 14.6 Å². The average molecular weight is 391 g/mol. The van der Waals surface area contributed by atoms with Crippen LogP contribution in [0.5, 0.6) is 0 Å². The van der Waals surface area contributed by atoms with Crippen LogP contribution < -0.4 is 0 Å². The summed E-state index contributed by atoms with van der Waals surface area (Å²) in [6.45, 7) is 0.653. The van der Waals surface area contributed by atoms with Crippen molar-refractivity contribution in [2.45, 2.75) is 31.7 Å². The Hall–Kier alpha value is -2.86. The van der Waals surface area contributed by atoms with Crippen LogP contribution in [0.1, 0.15) is 35.3 Å².